The number of ether oxygens (including phenoxy) is 1. The maximum atomic E-state index is 15.2. The lowest BCUT2D eigenvalue weighted by atomic mass is 9.95. The number of allylic oxidation sites excluding steroid dienone is 1. The zero-order valence-corrected chi connectivity index (χ0v) is 18.3. The molecule has 0 amide bonds. The minimum absolute atomic E-state index is 0.224. The summed E-state index contributed by atoms with van der Waals surface area (Å²) < 4.78 is 21.0. The molecule has 2 heterocycles. The Hall–Kier alpha value is -3.67. The summed E-state index contributed by atoms with van der Waals surface area (Å²) in [6, 6.07) is 16.6. The fourth-order valence-electron chi connectivity index (χ4n) is 3.63. The largest absolute Gasteiger partial charge is 0.489 e. The number of benzene rings is 2. The van der Waals surface area contributed by atoms with Gasteiger partial charge in [0.05, 0.1) is 11.3 Å². The molecule has 4 rings (SSSR count). The van der Waals surface area contributed by atoms with Gasteiger partial charge in [0.2, 0.25) is 0 Å². The molecular formula is C26H27FN4O. The summed E-state index contributed by atoms with van der Waals surface area (Å²) in [6.45, 7) is 6.12. The highest BCUT2D eigenvalue weighted by atomic mass is 19.1. The number of hydrogen-bond acceptors (Lipinski definition) is 5. The first-order valence-corrected chi connectivity index (χ1v) is 10.8. The van der Waals surface area contributed by atoms with Crippen molar-refractivity contribution in [1.29, 1.82) is 5.41 Å². The van der Waals surface area contributed by atoms with Crippen LogP contribution in [0.3, 0.4) is 0 Å². The summed E-state index contributed by atoms with van der Waals surface area (Å²) in [5.74, 6) is 1.15. The molecule has 32 heavy (non-hydrogen) atoms. The Morgan fingerprint density at radius 3 is 2.34 bits per heavy atom. The summed E-state index contributed by atoms with van der Waals surface area (Å²) in [6.07, 6.45) is 3.26. The van der Waals surface area contributed by atoms with Gasteiger partial charge in [-0.1, -0.05) is 38.1 Å². The molecule has 1 aromatic heterocycles. The van der Waals surface area contributed by atoms with E-state index in [1.54, 1.807) is 36.7 Å². The fraction of sp³-hybridized carbons (Fsp3) is 0.231. The molecule has 0 radical (unpaired) electrons. The van der Waals surface area contributed by atoms with E-state index < -0.39 is 5.82 Å². The average molecular weight is 431 g/mol. The highest BCUT2D eigenvalue weighted by molar-refractivity contribution is 6.31. The quantitative estimate of drug-likeness (QED) is 0.469. The lowest BCUT2D eigenvalue weighted by Crippen LogP contribution is -2.18. The molecule has 1 aliphatic heterocycles. The molecular weight excluding hydrogens is 403 g/mol. The second-order valence-electron chi connectivity index (χ2n) is 8.04. The predicted octanol–water partition coefficient (Wildman–Crippen LogP) is 4.85. The first kappa shape index (κ1) is 21.6. The Bertz CT molecular complexity index is 1120. The number of rotatable bonds is 7. The summed E-state index contributed by atoms with van der Waals surface area (Å²) in [5, 5.41) is 15.2. The summed E-state index contributed by atoms with van der Waals surface area (Å²) in [7, 11) is 0. The first-order chi connectivity index (χ1) is 15.5. The zero-order chi connectivity index (χ0) is 22.5. The van der Waals surface area contributed by atoms with Crippen LogP contribution in [0.25, 0.3) is 5.57 Å². The van der Waals surface area contributed by atoms with Gasteiger partial charge in [-0.25, -0.2) is 4.39 Å². The van der Waals surface area contributed by atoms with Gasteiger partial charge in [-0.3, -0.25) is 10.4 Å². The minimum Gasteiger partial charge on any atom is -0.489 e. The topological polar surface area (TPSA) is 70.0 Å². The van der Waals surface area contributed by atoms with Crippen molar-refractivity contribution in [3.8, 4) is 5.75 Å². The van der Waals surface area contributed by atoms with Gasteiger partial charge >= 0.3 is 0 Å². The van der Waals surface area contributed by atoms with Gasteiger partial charge in [-0.15, -0.1) is 0 Å². The Morgan fingerprint density at radius 1 is 1.03 bits per heavy atom. The number of pyridine rings is 1. The van der Waals surface area contributed by atoms with Gasteiger partial charge in [0.15, 0.2) is 0 Å². The van der Waals surface area contributed by atoms with Crippen molar-refractivity contribution in [2.75, 3.05) is 13.1 Å². The van der Waals surface area contributed by atoms with Crippen LogP contribution in [-0.2, 0) is 6.61 Å². The van der Waals surface area contributed by atoms with Gasteiger partial charge in [0.1, 0.15) is 24.0 Å². The Kier molecular flexibility index (Phi) is 6.50. The highest BCUT2D eigenvalue weighted by Gasteiger charge is 2.22. The van der Waals surface area contributed by atoms with E-state index in [1.165, 1.54) is 11.6 Å². The van der Waals surface area contributed by atoms with E-state index in [9.17, 15) is 0 Å². The molecule has 0 aliphatic carbocycles. The molecule has 6 heteroatoms. The highest BCUT2D eigenvalue weighted by Crippen LogP contribution is 2.28. The van der Waals surface area contributed by atoms with Crippen molar-refractivity contribution in [1.82, 2.24) is 15.6 Å². The smallest absolute Gasteiger partial charge is 0.134 e. The molecule has 2 aromatic carbocycles. The van der Waals surface area contributed by atoms with Crippen LogP contribution < -0.4 is 15.4 Å². The standard InChI is InChI=1S/C26H27FN4O/c1-17(2)19-5-3-18(4-6-19)16-32-21-7-8-22(23(27)15-21)24(26-30-13-14-31-26)25(28)20-9-11-29-12-10-20/h3-12,15,17,28,30-31H,13-14,16H2,1-2H3. The maximum Gasteiger partial charge on any atom is 0.134 e. The molecule has 0 atom stereocenters. The van der Waals surface area contributed by atoms with Crippen LogP contribution in [-0.4, -0.2) is 23.8 Å². The van der Waals surface area contributed by atoms with Crippen molar-refractivity contribution in [3.05, 3.63) is 101 Å². The van der Waals surface area contributed by atoms with Crippen molar-refractivity contribution < 1.29 is 9.13 Å². The number of aromatic nitrogens is 1. The Labute approximate surface area is 187 Å². The third kappa shape index (κ3) is 4.80. The molecule has 1 saturated heterocycles. The fourth-order valence-corrected chi connectivity index (χ4v) is 3.63. The van der Waals surface area contributed by atoms with Gasteiger partial charge in [-0.2, -0.15) is 0 Å². The summed E-state index contributed by atoms with van der Waals surface area (Å²) >= 11 is 0. The molecule has 3 N–H and O–H groups in total. The van der Waals surface area contributed by atoms with Crippen LogP contribution in [0.1, 0.15) is 42.0 Å². The van der Waals surface area contributed by atoms with E-state index in [4.69, 9.17) is 10.1 Å². The number of nitrogens with one attached hydrogen (secondary N) is 3. The number of halogens is 1. The van der Waals surface area contributed by atoms with E-state index in [1.807, 2.05) is 12.1 Å². The second kappa shape index (κ2) is 9.64. The van der Waals surface area contributed by atoms with Crippen LogP contribution in [0, 0.1) is 11.2 Å². The first-order valence-electron chi connectivity index (χ1n) is 10.8. The van der Waals surface area contributed by atoms with Crippen LogP contribution in [0.5, 0.6) is 5.75 Å². The zero-order valence-electron chi connectivity index (χ0n) is 18.3. The summed E-state index contributed by atoms with van der Waals surface area (Å²) in [5.41, 5.74) is 4.03. The predicted molar refractivity (Wildman–Crippen MR) is 125 cm³/mol. The average Bonchev–Trinajstić information content (AvgIpc) is 3.34. The normalized spacial score (nSPS) is 12.9. The van der Waals surface area contributed by atoms with E-state index in [0.717, 1.165) is 18.7 Å². The number of hydrogen-bond donors (Lipinski definition) is 3. The SMILES string of the molecule is CC(C)c1ccc(COc2ccc(C(C(=N)c3ccncc3)=C3NCCN3)c(F)c2)cc1. The van der Waals surface area contributed by atoms with Crippen LogP contribution in [0.4, 0.5) is 4.39 Å². The van der Waals surface area contributed by atoms with Gasteiger partial charge < -0.3 is 15.4 Å². The molecule has 0 bridgehead atoms. The lowest BCUT2D eigenvalue weighted by molar-refractivity contribution is 0.304. The Balaban J connectivity index is 1.56. The van der Waals surface area contributed by atoms with Crippen LogP contribution >= 0.6 is 0 Å². The van der Waals surface area contributed by atoms with Crippen molar-refractivity contribution in [2.45, 2.75) is 26.4 Å². The summed E-state index contributed by atoms with van der Waals surface area (Å²) in [4.78, 5) is 4.01. The van der Waals surface area contributed by atoms with E-state index in [-0.39, 0.29) is 5.71 Å². The van der Waals surface area contributed by atoms with Crippen LogP contribution in [0.2, 0.25) is 0 Å². The van der Waals surface area contributed by atoms with Gasteiger partial charge in [-0.05, 0) is 41.3 Å². The Morgan fingerprint density at radius 2 is 1.72 bits per heavy atom. The molecule has 1 aliphatic rings. The molecule has 1 fully saturated rings. The lowest BCUT2D eigenvalue weighted by Gasteiger charge is -2.16. The van der Waals surface area contributed by atoms with Gasteiger partial charge in [0, 0.05) is 42.7 Å². The molecule has 5 nitrogen and oxygen atoms in total. The van der Waals surface area contributed by atoms with Crippen molar-refractivity contribution in [2.24, 2.45) is 0 Å². The van der Waals surface area contributed by atoms with E-state index in [0.29, 0.717) is 40.8 Å². The molecule has 0 spiro atoms. The van der Waals surface area contributed by atoms with E-state index >= 15 is 4.39 Å². The molecule has 0 unspecified atom stereocenters. The molecule has 0 saturated carbocycles. The minimum atomic E-state index is -0.436. The molecule has 3 aromatic rings. The third-order valence-corrected chi connectivity index (χ3v) is 5.46. The van der Waals surface area contributed by atoms with Crippen molar-refractivity contribution >= 4 is 11.3 Å². The second-order valence-corrected chi connectivity index (χ2v) is 8.04. The van der Waals surface area contributed by atoms with Crippen molar-refractivity contribution in [3.63, 3.8) is 0 Å². The monoisotopic (exact) mass is 430 g/mol. The maximum absolute atomic E-state index is 15.2. The number of nitrogens with zero attached hydrogens (tertiary/aromatic N) is 1. The third-order valence-electron chi connectivity index (χ3n) is 5.46. The van der Waals surface area contributed by atoms with Crippen LogP contribution in [0.15, 0.2) is 72.8 Å². The molecule has 164 valence electrons. The van der Waals surface area contributed by atoms with Gasteiger partial charge in [0.25, 0.3) is 0 Å². The van der Waals surface area contributed by atoms with E-state index in [2.05, 4.69) is 41.6 Å².